The summed E-state index contributed by atoms with van der Waals surface area (Å²) in [7, 11) is 0. The number of rotatable bonds is 6. The van der Waals surface area contributed by atoms with Gasteiger partial charge in [0.1, 0.15) is 5.76 Å². The Labute approximate surface area is 114 Å². The van der Waals surface area contributed by atoms with Gasteiger partial charge < -0.3 is 9.73 Å². The second-order valence-electron chi connectivity index (χ2n) is 5.54. The molecule has 18 heavy (non-hydrogen) atoms. The summed E-state index contributed by atoms with van der Waals surface area (Å²) in [6, 6.07) is 3.82. The number of carbonyl (C=O) groups excluding carboxylic acids is 1. The lowest BCUT2D eigenvalue weighted by atomic mass is 9.85. The Kier molecular flexibility index (Phi) is 5.73. The van der Waals surface area contributed by atoms with Gasteiger partial charge in [-0.3, -0.25) is 4.79 Å². The van der Waals surface area contributed by atoms with Gasteiger partial charge in [-0.05, 0) is 24.0 Å². The molecule has 0 aliphatic carbocycles. The topological polar surface area (TPSA) is 42.2 Å². The molecule has 0 spiro atoms. The van der Waals surface area contributed by atoms with Crippen LogP contribution in [-0.2, 0) is 11.2 Å². The highest BCUT2D eigenvalue weighted by atomic mass is 35.5. The van der Waals surface area contributed by atoms with Crippen molar-refractivity contribution >= 4 is 17.5 Å². The first-order chi connectivity index (χ1) is 8.43. The van der Waals surface area contributed by atoms with Crippen LogP contribution in [0.3, 0.4) is 0 Å². The molecule has 4 heteroatoms. The van der Waals surface area contributed by atoms with Crippen molar-refractivity contribution in [2.24, 2.45) is 5.41 Å². The van der Waals surface area contributed by atoms with E-state index in [0.29, 0.717) is 18.7 Å². The van der Waals surface area contributed by atoms with Gasteiger partial charge in [-0.2, -0.15) is 0 Å². The van der Waals surface area contributed by atoms with Gasteiger partial charge in [0.15, 0.2) is 0 Å². The second-order valence-corrected chi connectivity index (χ2v) is 5.92. The molecule has 1 N–H and O–H groups in total. The molecule has 0 aliphatic rings. The number of aryl methyl sites for hydroxylation is 1. The molecule has 0 saturated carbocycles. The van der Waals surface area contributed by atoms with Crippen molar-refractivity contribution in [3.05, 3.63) is 24.2 Å². The molecular formula is C14H22ClNO2. The van der Waals surface area contributed by atoms with Crippen molar-refractivity contribution in [1.82, 2.24) is 5.32 Å². The van der Waals surface area contributed by atoms with Gasteiger partial charge in [0.05, 0.1) is 6.26 Å². The molecule has 0 bridgehead atoms. The quantitative estimate of drug-likeness (QED) is 0.806. The Balaban J connectivity index is 2.41. The molecule has 1 atom stereocenters. The molecule has 1 heterocycles. The SMILES string of the molecule is CC(C)(C)C(CCCl)NC(=O)CCc1ccco1. The smallest absolute Gasteiger partial charge is 0.220 e. The number of hydrogen-bond acceptors (Lipinski definition) is 2. The van der Waals surface area contributed by atoms with E-state index in [0.717, 1.165) is 12.2 Å². The Morgan fingerprint density at radius 1 is 1.50 bits per heavy atom. The third kappa shape index (κ3) is 5.13. The van der Waals surface area contributed by atoms with Gasteiger partial charge in [-0.25, -0.2) is 0 Å². The molecule has 0 saturated heterocycles. The number of amides is 1. The highest BCUT2D eigenvalue weighted by Gasteiger charge is 2.25. The predicted molar refractivity (Wildman–Crippen MR) is 73.8 cm³/mol. The zero-order valence-electron chi connectivity index (χ0n) is 11.3. The first kappa shape index (κ1) is 15.1. The van der Waals surface area contributed by atoms with Crippen LogP contribution < -0.4 is 5.32 Å². The maximum Gasteiger partial charge on any atom is 0.220 e. The summed E-state index contributed by atoms with van der Waals surface area (Å²) in [6.45, 7) is 6.32. The van der Waals surface area contributed by atoms with Crippen LogP contribution in [0, 0.1) is 5.41 Å². The van der Waals surface area contributed by atoms with Crippen LogP contribution in [0.4, 0.5) is 0 Å². The minimum absolute atomic E-state index is 0.0230. The minimum atomic E-state index is 0.0230. The molecule has 1 aromatic rings. The van der Waals surface area contributed by atoms with Crippen LogP contribution in [0.25, 0.3) is 0 Å². The van der Waals surface area contributed by atoms with Gasteiger partial charge in [-0.15, -0.1) is 11.6 Å². The van der Waals surface area contributed by atoms with Crippen molar-refractivity contribution < 1.29 is 9.21 Å². The first-order valence-electron chi connectivity index (χ1n) is 6.31. The van der Waals surface area contributed by atoms with E-state index < -0.39 is 0 Å². The number of halogens is 1. The van der Waals surface area contributed by atoms with Crippen molar-refractivity contribution in [2.75, 3.05) is 5.88 Å². The third-order valence-electron chi connectivity index (χ3n) is 2.96. The minimum Gasteiger partial charge on any atom is -0.469 e. The highest BCUT2D eigenvalue weighted by molar-refractivity contribution is 6.17. The number of carbonyl (C=O) groups is 1. The molecule has 102 valence electrons. The summed E-state index contributed by atoms with van der Waals surface area (Å²) in [5.74, 6) is 1.45. The molecular weight excluding hydrogens is 250 g/mol. The van der Waals surface area contributed by atoms with Crippen LogP contribution in [0.15, 0.2) is 22.8 Å². The summed E-state index contributed by atoms with van der Waals surface area (Å²) in [6.07, 6.45) is 3.50. The lowest BCUT2D eigenvalue weighted by Gasteiger charge is -2.31. The summed E-state index contributed by atoms with van der Waals surface area (Å²) < 4.78 is 5.20. The van der Waals surface area contributed by atoms with Gasteiger partial charge in [0.2, 0.25) is 5.91 Å². The Hall–Kier alpha value is -0.960. The van der Waals surface area contributed by atoms with Crippen LogP contribution in [-0.4, -0.2) is 17.8 Å². The Morgan fingerprint density at radius 2 is 2.22 bits per heavy atom. The molecule has 0 aromatic carbocycles. The molecule has 0 fully saturated rings. The van der Waals surface area contributed by atoms with Crippen molar-refractivity contribution in [3.8, 4) is 0 Å². The predicted octanol–water partition coefficient (Wildman–Crippen LogP) is 3.37. The Bertz CT molecular complexity index is 354. The molecule has 3 nitrogen and oxygen atoms in total. The van der Waals surface area contributed by atoms with E-state index in [9.17, 15) is 4.79 Å². The number of alkyl halides is 1. The average molecular weight is 272 g/mol. The standard InChI is InChI=1S/C14H22ClNO2/c1-14(2,3)12(8-9-15)16-13(17)7-6-11-5-4-10-18-11/h4-5,10,12H,6-9H2,1-3H3,(H,16,17). The number of nitrogens with one attached hydrogen (secondary N) is 1. The lowest BCUT2D eigenvalue weighted by molar-refractivity contribution is -0.122. The van der Waals surface area contributed by atoms with Crippen molar-refractivity contribution in [1.29, 1.82) is 0 Å². The first-order valence-corrected chi connectivity index (χ1v) is 6.84. The molecule has 1 aromatic heterocycles. The molecule has 1 unspecified atom stereocenters. The third-order valence-corrected chi connectivity index (χ3v) is 3.18. The lowest BCUT2D eigenvalue weighted by Crippen LogP contribution is -2.44. The van der Waals surface area contributed by atoms with Crippen LogP contribution in [0.1, 0.15) is 39.4 Å². The maximum absolute atomic E-state index is 11.9. The average Bonchev–Trinajstić information content (AvgIpc) is 2.77. The summed E-state index contributed by atoms with van der Waals surface area (Å²) in [5, 5.41) is 3.06. The number of furan rings is 1. The zero-order chi connectivity index (χ0) is 13.6. The van der Waals surface area contributed by atoms with E-state index in [4.69, 9.17) is 16.0 Å². The van der Waals surface area contributed by atoms with E-state index in [1.54, 1.807) is 6.26 Å². The van der Waals surface area contributed by atoms with E-state index in [1.807, 2.05) is 12.1 Å². The number of hydrogen-bond donors (Lipinski definition) is 1. The maximum atomic E-state index is 11.9. The molecule has 1 rings (SSSR count). The summed E-state index contributed by atoms with van der Waals surface area (Å²) >= 11 is 5.78. The van der Waals surface area contributed by atoms with Crippen molar-refractivity contribution in [3.63, 3.8) is 0 Å². The summed E-state index contributed by atoms with van der Waals surface area (Å²) in [5.41, 5.74) is 0.0230. The Morgan fingerprint density at radius 3 is 2.72 bits per heavy atom. The van der Waals surface area contributed by atoms with Crippen molar-refractivity contribution in [2.45, 2.75) is 46.1 Å². The van der Waals surface area contributed by atoms with Gasteiger partial charge in [0, 0.05) is 24.8 Å². The van der Waals surface area contributed by atoms with Gasteiger partial charge in [-0.1, -0.05) is 20.8 Å². The van der Waals surface area contributed by atoms with E-state index >= 15 is 0 Å². The zero-order valence-corrected chi connectivity index (χ0v) is 12.1. The normalized spacial score (nSPS) is 13.3. The van der Waals surface area contributed by atoms with Crippen LogP contribution in [0.5, 0.6) is 0 Å². The largest absolute Gasteiger partial charge is 0.469 e. The molecule has 1 amide bonds. The second kappa shape index (κ2) is 6.83. The molecule has 0 radical (unpaired) electrons. The van der Waals surface area contributed by atoms with Gasteiger partial charge in [0.25, 0.3) is 0 Å². The van der Waals surface area contributed by atoms with E-state index in [2.05, 4.69) is 26.1 Å². The molecule has 0 aliphatic heterocycles. The van der Waals surface area contributed by atoms with Crippen LogP contribution in [0.2, 0.25) is 0 Å². The van der Waals surface area contributed by atoms with Crippen LogP contribution >= 0.6 is 11.6 Å². The van der Waals surface area contributed by atoms with E-state index in [1.165, 1.54) is 0 Å². The highest BCUT2D eigenvalue weighted by Crippen LogP contribution is 2.22. The fourth-order valence-corrected chi connectivity index (χ4v) is 2.01. The monoisotopic (exact) mass is 271 g/mol. The summed E-state index contributed by atoms with van der Waals surface area (Å²) in [4.78, 5) is 11.9. The van der Waals surface area contributed by atoms with Gasteiger partial charge >= 0.3 is 0 Å². The van der Waals surface area contributed by atoms with E-state index in [-0.39, 0.29) is 17.4 Å². The fraction of sp³-hybridized carbons (Fsp3) is 0.643. The fourth-order valence-electron chi connectivity index (χ4n) is 1.79.